The third-order valence-electron chi connectivity index (χ3n) is 21.1. The fourth-order valence-electron chi connectivity index (χ4n) is 13.8. The lowest BCUT2D eigenvalue weighted by Gasteiger charge is -2.21. The van der Waals surface area contributed by atoms with Crippen LogP contribution in [0.2, 0.25) is 0 Å². The van der Waals surface area contributed by atoms with Gasteiger partial charge in [0.1, 0.15) is 19.3 Å². The van der Waals surface area contributed by atoms with Crippen LogP contribution in [-0.4, -0.2) is 96.7 Å². The number of aliphatic hydroxyl groups is 1. The third-order valence-corrected chi connectivity index (χ3v) is 23.0. The van der Waals surface area contributed by atoms with E-state index in [1.807, 2.05) is 0 Å². The summed E-state index contributed by atoms with van der Waals surface area (Å²) in [5, 5.41) is 10.7. The molecule has 19 heteroatoms. The van der Waals surface area contributed by atoms with Gasteiger partial charge in [0, 0.05) is 25.7 Å². The van der Waals surface area contributed by atoms with Gasteiger partial charge in [-0.1, -0.05) is 426 Å². The first-order chi connectivity index (χ1) is 52.1. The van der Waals surface area contributed by atoms with Gasteiger partial charge in [0.15, 0.2) is 12.2 Å². The van der Waals surface area contributed by atoms with Crippen LogP contribution in [0, 0.1) is 5.92 Å². The maximum absolute atomic E-state index is 13.1. The minimum absolute atomic E-state index is 0.109. The molecule has 636 valence electrons. The number of esters is 4. The van der Waals surface area contributed by atoms with Gasteiger partial charge < -0.3 is 33.8 Å². The summed E-state index contributed by atoms with van der Waals surface area (Å²) in [7, 11) is -9.92. The van der Waals surface area contributed by atoms with Gasteiger partial charge in [0.2, 0.25) is 0 Å². The Bertz CT molecular complexity index is 2030. The van der Waals surface area contributed by atoms with Crippen molar-refractivity contribution in [2.45, 2.75) is 496 Å². The van der Waals surface area contributed by atoms with Crippen LogP contribution in [-0.2, 0) is 65.4 Å². The lowest BCUT2D eigenvalue weighted by atomic mass is 9.99. The van der Waals surface area contributed by atoms with E-state index in [4.69, 9.17) is 37.0 Å². The number of carbonyl (C=O) groups is 4. The van der Waals surface area contributed by atoms with E-state index in [0.29, 0.717) is 25.7 Å². The van der Waals surface area contributed by atoms with E-state index in [1.165, 1.54) is 289 Å². The van der Waals surface area contributed by atoms with Crippen molar-refractivity contribution in [1.82, 2.24) is 0 Å². The molecule has 0 amide bonds. The van der Waals surface area contributed by atoms with Gasteiger partial charge >= 0.3 is 39.5 Å². The molecule has 0 aliphatic rings. The Hall–Kier alpha value is -1.94. The molecule has 0 radical (unpaired) electrons. The van der Waals surface area contributed by atoms with Crippen molar-refractivity contribution < 1.29 is 80.2 Å². The highest BCUT2D eigenvalue weighted by molar-refractivity contribution is 7.47. The van der Waals surface area contributed by atoms with Crippen molar-refractivity contribution in [3.05, 3.63) is 0 Å². The molecule has 3 unspecified atom stereocenters. The second kappa shape index (κ2) is 80.7. The highest BCUT2D eigenvalue weighted by atomic mass is 31.2. The van der Waals surface area contributed by atoms with Gasteiger partial charge in [-0.2, -0.15) is 0 Å². The number of ether oxygens (including phenoxy) is 4. The Balaban J connectivity index is 5.15. The molecule has 17 nitrogen and oxygen atoms in total. The molecule has 0 aliphatic carbocycles. The number of phosphoric acid groups is 2. The van der Waals surface area contributed by atoms with Crippen LogP contribution in [0.4, 0.5) is 0 Å². The smallest absolute Gasteiger partial charge is 0.462 e. The molecule has 0 aromatic rings. The van der Waals surface area contributed by atoms with Crippen molar-refractivity contribution in [2.75, 3.05) is 39.6 Å². The average Bonchev–Trinajstić information content (AvgIpc) is 0.902. The lowest BCUT2D eigenvalue weighted by molar-refractivity contribution is -0.161. The molecule has 0 heterocycles. The van der Waals surface area contributed by atoms with E-state index >= 15 is 0 Å². The molecule has 0 aliphatic heterocycles. The van der Waals surface area contributed by atoms with Crippen LogP contribution in [0.25, 0.3) is 0 Å². The second-order valence-electron chi connectivity index (χ2n) is 31.9. The van der Waals surface area contributed by atoms with Crippen LogP contribution in [0.15, 0.2) is 0 Å². The molecule has 0 aromatic carbocycles. The molecular formula is C88H172O17P2. The summed E-state index contributed by atoms with van der Waals surface area (Å²) < 4.78 is 68.8. The normalized spacial score (nSPS) is 14.0. The van der Waals surface area contributed by atoms with Gasteiger partial charge in [-0.15, -0.1) is 0 Å². The Morgan fingerprint density at radius 2 is 0.449 bits per heavy atom. The quantitative estimate of drug-likeness (QED) is 0.0222. The first kappa shape index (κ1) is 105. The average molecular weight is 1560 g/mol. The van der Waals surface area contributed by atoms with Crippen molar-refractivity contribution in [2.24, 2.45) is 5.92 Å². The minimum atomic E-state index is -4.97. The summed E-state index contributed by atoms with van der Waals surface area (Å²) in [6, 6.07) is 0. The molecule has 0 saturated carbocycles. The zero-order chi connectivity index (χ0) is 78.3. The zero-order valence-corrected chi connectivity index (χ0v) is 72.1. The Morgan fingerprint density at radius 1 is 0.262 bits per heavy atom. The molecule has 0 aromatic heterocycles. The van der Waals surface area contributed by atoms with Crippen molar-refractivity contribution in [3.63, 3.8) is 0 Å². The number of rotatable bonds is 88. The summed E-state index contributed by atoms with van der Waals surface area (Å²) in [4.78, 5) is 73.1. The van der Waals surface area contributed by atoms with E-state index in [1.54, 1.807) is 0 Å². The van der Waals surface area contributed by atoms with E-state index in [2.05, 4.69) is 34.6 Å². The maximum Gasteiger partial charge on any atom is 0.472 e. The van der Waals surface area contributed by atoms with E-state index < -0.39 is 97.5 Å². The molecular weight excluding hydrogens is 1390 g/mol. The summed E-state index contributed by atoms with van der Waals surface area (Å²) in [6.07, 6.45) is 75.2. The maximum atomic E-state index is 13.1. The number of hydrogen-bond donors (Lipinski definition) is 3. The van der Waals surface area contributed by atoms with Crippen LogP contribution in [0.1, 0.15) is 478 Å². The van der Waals surface area contributed by atoms with Crippen LogP contribution >= 0.6 is 15.6 Å². The van der Waals surface area contributed by atoms with Crippen LogP contribution < -0.4 is 0 Å². The van der Waals surface area contributed by atoms with Crippen molar-refractivity contribution in [1.29, 1.82) is 0 Å². The molecule has 0 bridgehead atoms. The van der Waals surface area contributed by atoms with Gasteiger partial charge in [-0.05, 0) is 31.6 Å². The highest BCUT2D eigenvalue weighted by Gasteiger charge is 2.30. The van der Waals surface area contributed by atoms with Gasteiger partial charge in [0.05, 0.1) is 26.4 Å². The van der Waals surface area contributed by atoms with E-state index in [9.17, 15) is 43.2 Å². The SMILES string of the molecule is CCCCCCCCCCCCCCCCCCCCCC(=O)OC[C@H](COP(=O)(O)OC[C@@H](O)COP(=O)(O)OC[C@@H](COC(=O)CCCCCCCCC)OC(=O)CCCCCCCCCCCCCCCCCCCCC)OC(=O)CCCCCCCCCCCCCCCCCCCCC(C)CC. The number of aliphatic hydroxyl groups excluding tert-OH is 1. The summed E-state index contributed by atoms with van der Waals surface area (Å²) in [6.45, 7) is 7.40. The highest BCUT2D eigenvalue weighted by Crippen LogP contribution is 2.45. The molecule has 0 saturated heterocycles. The number of carbonyl (C=O) groups excluding carboxylic acids is 4. The first-order valence-corrected chi connectivity index (χ1v) is 48.7. The molecule has 3 N–H and O–H groups in total. The third kappa shape index (κ3) is 80.5. The first-order valence-electron chi connectivity index (χ1n) is 45.7. The number of phosphoric ester groups is 2. The predicted molar refractivity (Wildman–Crippen MR) is 442 cm³/mol. The summed E-state index contributed by atoms with van der Waals surface area (Å²) in [5.41, 5.74) is 0. The van der Waals surface area contributed by atoms with E-state index in [0.717, 1.165) is 109 Å². The monoisotopic (exact) mass is 1560 g/mol. The van der Waals surface area contributed by atoms with Crippen molar-refractivity contribution in [3.8, 4) is 0 Å². The van der Waals surface area contributed by atoms with Gasteiger partial charge in [-0.25, -0.2) is 9.13 Å². The van der Waals surface area contributed by atoms with Crippen LogP contribution in [0.5, 0.6) is 0 Å². The van der Waals surface area contributed by atoms with Gasteiger partial charge in [0.25, 0.3) is 0 Å². The predicted octanol–water partition coefficient (Wildman–Crippen LogP) is 27.2. The Morgan fingerprint density at radius 3 is 0.664 bits per heavy atom. The van der Waals surface area contributed by atoms with Gasteiger partial charge in [-0.3, -0.25) is 37.3 Å². The molecule has 0 rings (SSSR count). The largest absolute Gasteiger partial charge is 0.472 e. The Labute approximate surface area is 658 Å². The zero-order valence-electron chi connectivity index (χ0n) is 70.3. The standard InChI is InChI=1S/C88H172O17P2/c1-6-10-13-16-19-21-23-25-27-29-31-36-40-44-48-52-57-62-67-72-86(91)99-78-84(105-88(93)74-69-64-59-54-50-46-42-38-34-33-35-39-43-47-51-56-60-65-70-81(5)9-4)80-103-107(96,97)101-76-82(89)75-100-106(94,95)102-79-83(77-98-85(90)71-66-61-55-18-15-12-8-3)104-87(92)73-68-63-58-53-49-45-41-37-32-30-28-26-24-22-20-17-14-11-7-2/h81-84,89H,6-80H2,1-5H3,(H,94,95)(H,96,97)/t81?,82-,83+,84+/m0/s1. The topological polar surface area (TPSA) is 237 Å². The molecule has 107 heavy (non-hydrogen) atoms. The lowest BCUT2D eigenvalue weighted by Crippen LogP contribution is -2.30. The van der Waals surface area contributed by atoms with Crippen molar-refractivity contribution >= 4 is 39.5 Å². The van der Waals surface area contributed by atoms with E-state index in [-0.39, 0.29) is 25.7 Å². The second-order valence-corrected chi connectivity index (χ2v) is 34.8. The summed E-state index contributed by atoms with van der Waals surface area (Å²) >= 11 is 0. The Kier molecular flexibility index (Phi) is 79.2. The minimum Gasteiger partial charge on any atom is -0.462 e. The number of hydrogen-bond acceptors (Lipinski definition) is 15. The fraction of sp³-hybridized carbons (Fsp3) is 0.955. The number of unbranched alkanes of at least 4 members (excludes halogenated alkanes) is 59. The van der Waals surface area contributed by atoms with Crippen LogP contribution in [0.3, 0.4) is 0 Å². The molecule has 6 atom stereocenters. The molecule has 0 fully saturated rings. The fourth-order valence-corrected chi connectivity index (χ4v) is 15.4. The summed E-state index contributed by atoms with van der Waals surface area (Å²) in [5.74, 6) is -1.23. The molecule has 0 spiro atoms.